The second-order valence-corrected chi connectivity index (χ2v) is 6.15. The molecular formula is C21H25NO4. The number of hydrogen-bond acceptors (Lipinski definition) is 3. The number of aliphatic carboxylic acids is 1. The van der Waals surface area contributed by atoms with Crippen molar-refractivity contribution in [3.8, 4) is 5.75 Å². The molecule has 0 aliphatic heterocycles. The van der Waals surface area contributed by atoms with E-state index in [-0.39, 0.29) is 18.4 Å². The molecular weight excluding hydrogens is 330 g/mol. The van der Waals surface area contributed by atoms with Gasteiger partial charge >= 0.3 is 5.97 Å². The molecule has 0 spiro atoms. The molecule has 0 saturated heterocycles. The van der Waals surface area contributed by atoms with Crippen LogP contribution in [0.1, 0.15) is 36.8 Å². The molecule has 0 aliphatic carbocycles. The summed E-state index contributed by atoms with van der Waals surface area (Å²) in [7, 11) is 0. The number of carbonyl (C=O) groups is 2. The zero-order chi connectivity index (χ0) is 18.8. The van der Waals surface area contributed by atoms with Crippen molar-refractivity contribution in [2.45, 2.75) is 32.1 Å². The quantitative estimate of drug-likeness (QED) is 0.685. The maximum Gasteiger partial charge on any atom is 0.341 e. The summed E-state index contributed by atoms with van der Waals surface area (Å²) in [6.07, 6.45) is 2.13. The first-order valence-electron chi connectivity index (χ1n) is 8.83. The summed E-state index contributed by atoms with van der Waals surface area (Å²) in [6, 6.07) is 17.3. The van der Waals surface area contributed by atoms with Crippen molar-refractivity contribution in [1.29, 1.82) is 0 Å². The van der Waals surface area contributed by atoms with Gasteiger partial charge in [0.15, 0.2) is 6.61 Å². The molecule has 2 aromatic carbocycles. The van der Waals surface area contributed by atoms with Crippen molar-refractivity contribution < 1.29 is 19.4 Å². The first kappa shape index (κ1) is 19.5. The van der Waals surface area contributed by atoms with Crippen LogP contribution in [0.5, 0.6) is 5.75 Å². The number of amides is 1. The largest absolute Gasteiger partial charge is 0.482 e. The summed E-state index contributed by atoms with van der Waals surface area (Å²) >= 11 is 0. The van der Waals surface area contributed by atoms with Crippen LogP contribution in [0.4, 0.5) is 0 Å². The number of carbonyl (C=O) groups excluding carboxylic acids is 1. The molecule has 1 unspecified atom stereocenters. The third-order valence-corrected chi connectivity index (χ3v) is 4.22. The topological polar surface area (TPSA) is 75.6 Å². The van der Waals surface area contributed by atoms with Gasteiger partial charge in [-0.1, -0.05) is 49.4 Å². The highest BCUT2D eigenvalue weighted by molar-refractivity contribution is 5.76. The molecule has 26 heavy (non-hydrogen) atoms. The Kier molecular flexibility index (Phi) is 7.68. The van der Waals surface area contributed by atoms with Crippen molar-refractivity contribution >= 4 is 11.9 Å². The van der Waals surface area contributed by atoms with Gasteiger partial charge < -0.3 is 15.2 Å². The summed E-state index contributed by atoms with van der Waals surface area (Å²) in [5, 5.41) is 11.6. The monoisotopic (exact) mass is 355 g/mol. The van der Waals surface area contributed by atoms with Gasteiger partial charge in [0.05, 0.1) is 0 Å². The highest BCUT2D eigenvalue weighted by Crippen LogP contribution is 2.22. The molecule has 0 radical (unpaired) electrons. The third kappa shape index (κ3) is 6.59. The third-order valence-electron chi connectivity index (χ3n) is 4.22. The van der Waals surface area contributed by atoms with Crippen LogP contribution in [0.2, 0.25) is 0 Å². The molecule has 2 N–H and O–H groups in total. The maximum atomic E-state index is 12.2. The van der Waals surface area contributed by atoms with Gasteiger partial charge in [-0.15, -0.1) is 0 Å². The van der Waals surface area contributed by atoms with E-state index in [4.69, 9.17) is 9.84 Å². The minimum absolute atomic E-state index is 0.0575. The van der Waals surface area contributed by atoms with Crippen molar-refractivity contribution in [3.63, 3.8) is 0 Å². The van der Waals surface area contributed by atoms with E-state index in [1.807, 2.05) is 30.3 Å². The normalized spacial score (nSPS) is 11.6. The molecule has 1 atom stereocenters. The predicted molar refractivity (Wildman–Crippen MR) is 100 cm³/mol. The molecule has 0 aromatic heterocycles. The van der Waals surface area contributed by atoms with Crippen LogP contribution < -0.4 is 10.1 Å². The van der Waals surface area contributed by atoms with E-state index < -0.39 is 5.97 Å². The van der Waals surface area contributed by atoms with Crippen LogP contribution in [0, 0.1) is 0 Å². The molecule has 2 rings (SSSR count). The standard InChI is InChI=1S/C21H25NO4/c1-2-17(18-6-4-3-5-7-18)14-20(23)22-13-12-16-8-10-19(11-9-16)26-15-21(24)25/h3-11,17H,2,12-15H2,1H3,(H,22,23)(H,24,25). The van der Waals surface area contributed by atoms with Crippen LogP contribution in [0.15, 0.2) is 54.6 Å². The average Bonchev–Trinajstić information content (AvgIpc) is 2.66. The number of rotatable bonds is 10. The minimum atomic E-state index is -1.00. The van der Waals surface area contributed by atoms with Gasteiger partial charge in [0.25, 0.3) is 0 Å². The average molecular weight is 355 g/mol. The van der Waals surface area contributed by atoms with Crippen LogP contribution in [0.25, 0.3) is 0 Å². The Morgan fingerprint density at radius 1 is 1.08 bits per heavy atom. The van der Waals surface area contributed by atoms with E-state index in [9.17, 15) is 9.59 Å². The number of carboxylic acids is 1. The summed E-state index contributed by atoms with van der Waals surface area (Å²) < 4.78 is 5.09. The molecule has 0 aliphatic rings. The number of benzene rings is 2. The fourth-order valence-electron chi connectivity index (χ4n) is 2.76. The highest BCUT2D eigenvalue weighted by atomic mass is 16.5. The van der Waals surface area contributed by atoms with Gasteiger partial charge in [-0.05, 0) is 42.0 Å². The van der Waals surface area contributed by atoms with Crippen LogP contribution in [-0.2, 0) is 16.0 Å². The Labute approximate surface area is 154 Å². The first-order chi connectivity index (χ1) is 12.6. The van der Waals surface area contributed by atoms with E-state index in [0.29, 0.717) is 25.1 Å². The molecule has 138 valence electrons. The van der Waals surface area contributed by atoms with Gasteiger partial charge in [-0.2, -0.15) is 0 Å². The number of nitrogens with one attached hydrogen (secondary N) is 1. The lowest BCUT2D eigenvalue weighted by molar-refractivity contribution is -0.139. The molecule has 0 bridgehead atoms. The Morgan fingerprint density at radius 2 is 1.77 bits per heavy atom. The van der Waals surface area contributed by atoms with E-state index >= 15 is 0 Å². The molecule has 1 amide bonds. The van der Waals surface area contributed by atoms with Crippen LogP contribution in [-0.4, -0.2) is 30.1 Å². The lowest BCUT2D eigenvalue weighted by atomic mass is 9.93. The van der Waals surface area contributed by atoms with E-state index in [2.05, 4.69) is 24.4 Å². The van der Waals surface area contributed by atoms with Crippen molar-refractivity contribution in [2.75, 3.05) is 13.2 Å². The Balaban J connectivity index is 1.74. The minimum Gasteiger partial charge on any atom is -0.482 e. The van der Waals surface area contributed by atoms with Crippen molar-refractivity contribution in [1.82, 2.24) is 5.32 Å². The van der Waals surface area contributed by atoms with E-state index in [1.54, 1.807) is 12.1 Å². The second kappa shape index (κ2) is 10.2. The smallest absolute Gasteiger partial charge is 0.341 e. The van der Waals surface area contributed by atoms with E-state index in [1.165, 1.54) is 5.56 Å². The SMILES string of the molecule is CCC(CC(=O)NCCc1ccc(OCC(=O)O)cc1)c1ccccc1. The molecule has 0 saturated carbocycles. The Bertz CT molecular complexity index is 698. The lowest BCUT2D eigenvalue weighted by Crippen LogP contribution is -2.27. The molecule has 2 aromatic rings. The summed E-state index contributed by atoms with van der Waals surface area (Å²) in [6.45, 7) is 2.31. The fourth-order valence-corrected chi connectivity index (χ4v) is 2.76. The van der Waals surface area contributed by atoms with Crippen molar-refractivity contribution in [3.05, 3.63) is 65.7 Å². The van der Waals surface area contributed by atoms with Gasteiger partial charge in [-0.3, -0.25) is 4.79 Å². The molecule has 0 fully saturated rings. The van der Waals surface area contributed by atoms with Crippen LogP contribution in [0.3, 0.4) is 0 Å². The molecule has 0 heterocycles. The summed E-state index contributed by atoms with van der Waals surface area (Å²) in [4.78, 5) is 22.7. The maximum absolute atomic E-state index is 12.2. The first-order valence-corrected chi connectivity index (χ1v) is 8.83. The second-order valence-electron chi connectivity index (χ2n) is 6.15. The summed E-state index contributed by atoms with van der Waals surface area (Å²) in [5.74, 6) is -0.185. The van der Waals surface area contributed by atoms with Gasteiger partial charge in [0.2, 0.25) is 5.91 Å². The number of carboxylic acid groups (broad SMARTS) is 1. The fraction of sp³-hybridized carbons (Fsp3) is 0.333. The predicted octanol–water partition coefficient (Wildman–Crippen LogP) is 3.39. The zero-order valence-electron chi connectivity index (χ0n) is 15.0. The number of hydrogen-bond donors (Lipinski definition) is 2. The Hall–Kier alpha value is -2.82. The van der Waals surface area contributed by atoms with E-state index in [0.717, 1.165) is 12.0 Å². The molecule has 5 heteroatoms. The lowest BCUT2D eigenvalue weighted by Gasteiger charge is -2.15. The van der Waals surface area contributed by atoms with Gasteiger partial charge in [-0.25, -0.2) is 4.79 Å². The Morgan fingerprint density at radius 3 is 2.38 bits per heavy atom. The van der Waals surface area contributed by atoms with Crippen LogP contribution >= 0.6 is 0 Å². The highest BCUT2D eigenvalue weighted by Gasteiger charge is 2.13. The van der Waals surface area contributed by atoms with Gasteiger partial charge in [0, 0.05) is 13.0 Å². The number of ether oxygens (including phenoxy) is 1. The summed E-state index contributed by atoms with van der Waals surface area (Å²) in [5.41, 5.74) is 2.25. The van der Waals surface area contributed by atoms with Crippen molar-refractivity contribution in [2.24, 2.45) is 0 Å². The zero-order valence-corrected chi connectivity index (χ0v) is 15.0. The molecule has 5 nitrogen and oxygen atoms in total. The van der Waals surface area contributed by atoms with Gasteiger partial charge in [0.1, 0.15) is 5.75 Å².